The van der Waals surface area contributed by atoms with Crippen molar-refractivity contribution in [2.24, 2.45) is 10.7 Å². The van der Waals surface area contributed by atoms with Gasteiger partial charge in [0.1, 0.15) is 11.9 Å². The first kappa shape index (κ1) is 9.98. The van der Waals surface area contributed by atoms with E-state index in [4.69, 9.17) is 10.5 Å². The van der Waals surface area contributed by atoms with E-state index >= 15 is 0 Å². The summed E-state index contributed by atoms with van der Waals surface area (Å²) < 4.78 is 5.50. The Labute approximate surface area is 88.4 Å². The van der Waals surface area contributed by atoms with Gasteiger partial charge in [-0.3, -0.25) is 4.99 Å². The zero-order chi connectivity index (χ0) is 10.7. The third kappa shape index (κ3) is 2.47. The lowest BCUT2D eigenvalue weighted by Gasteiger charge is -2.10. The van der Waals surface area contributed by atoms with Crippen LogP contribution in [0.4, 0.5) is 0 Å². The summed E-state index contributed by atoms with van der Waals surface area (Å²) in [6.45, 7) is 1.01. The van der Waals surface area contributed by atoms with Crippen LogP contribution in [0, 0.1) is 0 Å². The molecular formula is C11H14N2O2. The van der Waals surface area contributed by atoms with Crippen molar-refractivity contribution in [1.29, 1.82) is 0 Å². The van der Waals surface area contributed by atoms with Gasteiger partial charge in [-0.05, 0) is 17.7 Å². The lowest BCUT2D eigenvalue weighted by molar-refractivity contribution is 0.221. The molecule has 3 N–H and O–H groups in total. The van der Waals surface area contributed by atoms with Crippen molar-refractivity contribution in [2.75, 3.05) is 13.1 Å². The van der Waals surface area contributed by atoms with E-state index in [1.807, 2.05) is 12.1 Å². The van der Waals surface area contributed by atoms with Crippen LogP contribution >= 0.6 is 0 Å². The normalized spacial score (nSPS) is 19.8. The van der Waals surface area contributed by atoms with Gasteiger partial charge < -0.3 is 15.6 Å². The molecule has 4 heteroatoms. The summed E-state index contributed by atoms with van der Waals surface area (Å²) in [5.74, 6) is 0.908. The molecule has 0 amide bonds. The lowest BCUT2D eigenvalue weighted by atomic mass is 10.1. The molecule has 2 rings (SSSR count). The van der Waals surface area contributed by atoms with Gasteiger partial charge in [-0.2, -0.15) is 0 Å². The fourth-order valence-corrected chi connectivity index (χ4v) is 1.64. The molecule has 1 aromatic rings. The first-order valence-electron chi connectivity index (χ1n) is 4.96. The quantitative estimate of drug-likeness (QED) is 0.764. The molecule has 1 aliphatic rings. The van der Waals surface area contributed by atoms with E-state index in [2.05, 4.69) is 4.99 Å². The molecule has 1 atom stereocenters. The molecule has 15 heavy (non-hydrogen) atoms. The van der Waals surface area contributed by atoms with E-state index in [-0.39, 0.29) is 11.9 Å². The molecule has 0 aliphatic carbocycles. The predicted octanol–water partition coefficient (Wildman–Crippen LogP) is 0.691. The second-order valence-corrected chi connectivity index (χ2v) is 3.55. The number of aromatic hydroxyl groups is 1. The van der Waals surface area contributed by atoms with Gasteiger partial charge in [0, 0.05) is 6.42 Å². The van der Waals surface area contributed by atoms with Crippen molar-refractivity contribution in [2.45, 2.75) is 12.5 Å². The number of hydrogen-bond acceptors (Lipinski definition) is 4. The average Bonchev–Trinajstić information content (AvgIpc) is 2.65. The molecule has 1 aromatic carbocycles. The second kappa shape index (κ2) is 4.31. The Morgan fingerprint density at radius 3 is 3.07 bits per heavy atom. The van der Waals surface area contributed by atoms with Crippen molar-refractivity contribution in [3.63, 3.8) is 0 Å². The molecule has 0 radical (unpaired) electrons. The zero-order valence-corrected chi connectivity index (χ0v) is 8.39. The summed E-state index contributed by atoms with van der Waals surface area (Å²) in [5.41, 5.74) is 6.47. The van der Waals surface area contributed by atoms with Crippen molar-refractivity contribution >= 4 is 5.90 Å². The summed E-state index contributed by atoms with van der Waals surface area (Å²) in [4.78, 5) is 4.16. The Balaban J connectivity index is 1.94. The van der Waals surface area contributed by atoms with Crippen molar-refractivity contribution in [1.82, 2.24) is 0 Å². The minimum Gasteiger partial charge on any atom is -0.508 e. The molecule has 0 saturated heterocycles. The van der Waals surface area contributed by atoms with Gasteiger partial charge in [0.15, 0.2) is 5.90 Å². The highest BCUT2D eigenvalue weighted by Crippen LogP contribution is 2.15. The molecule has 4 nitrogen and oxygen atoms in total. The fraction of sp³-hybridized carbons (Fsp3) is 0.364. The summed E-state index contributed by atoms with van der Waals surface area (Å²) >= 11 is 0. The molecule has 80 valence electrons. The minimum atomic E-state index is 0.0605. The maximum Gasteiger partial charge on any atom is 0.197 e. The van der Waals surface area contributed by atoms with E-state index in [0.717, 1.165) is 12.0 Å². The second-order valence-electron chi connectivity index (χ2n) is 3.55. The monoisotopic (exact) mass is 206 g/mol. The first-order valence-corrected chi connectivity index (χ1v) is 4.96. The van der Waals surface area contributed by atoms with Crippen molar-refractivity contribution in [3.05, 3.63) is 29.8 Å². The summed E-state index contributed by atoms with van der Waals surface area (Å²) in [6, 6.07) is 7.18. The number of nitrogens with two attached hydrogens (primary N) is 1. The largest absolute Gasteiger partial charge is 0.508 e. The third-order valence-electron chi connectivity index (χ3n) is 2.32. The Morgan fingerprint density at radius 2 is 2.40 bits per heavy atom. The Morgan fingerprint density at radius 1 is 1.53 bits per heavy atom. The molecule has 1 unspecified atom stereocenters. The van der Waals surface area contributed by atoms with E-state index in [1.54, 1.807) is 12.1 Å². The number of aliphatic imine (C=N–C) groups is 1. The third-order valence-corrected chi connectivity index (χ3v) is 2.32. The number of nitrogens with zero attached hydrogens (tertiary/aromatic N) is 1. The van der Waals surface area contributed by atoms with E-state index in [9.17, 15) is 5.11 Å². The van der Waals surface area contributed by atoms with Crippen LogP contribution in [0.2, 0.25) is 0 Å². The number of hydrogen-bond donors (Lipinski definition) is 2. The van der Waals surface area contributed by atoms with Gasteiger partial charge in [-0.1, -0.05) is 12.1 Å². The SMILES string of the molecule is NCC1=NCC(Cc2cccc(O)c2)O1. The number of benzene rings is 1. The predicted molar refractivity (Wildman–Crippen MR) is 58.0 cm³/mol. The zero-order valence-electron chi connectivity index (χ0n) is 8.39. The summed E-state index contributed by atoms with van der Waals surface area (Å²) in [6.07, 6.45) is 0.812. The molecular weight excluding hydrogens is 192 g/mol. The number of phenolic OH excluding ortho intramolecular Hbond substituents is 1. The van der Waals surface area contributed by atoms with Crippen molar-refractivity contribution < 1.29 is 9.84 Å². The van der Waals surface area contributed by atoms with Crippen LogP contribution in [-0.4, -0.2) is 30.2 Å². The van der Waals surface area contributed by atoms with E-state index in [1.165, 1.54) is 0 Å². The van der Waals surface area contributed by atoms with Crippen LogP contribution in [0.5, 0.6) is 5.75 Å². The van der Waals surface area contributed by atoms with Crippen LogP contribution < -0.4 is 5.73 Å². The highest BCUT2D eigenvalue weighted by Gasteiger charge is 2.18. The average molecular weight is 206 g/mol. The fourth-order valence-electron chi connectivity index (χ4n) is 1.64. The number of ether oxygens (including phenoxy) is 1. The maximum atomic E-state index is 9.30. The van der Waals surface area contributed by atoms with Gasteiger partial charge in [0.25, 0.3) is 0 Å². The minimum absolute atomic E-state index is 0.0605. The smallest absolute Gasteiger partial charge is 0.197 e. The Kier molecular flexibility index (Phi) is 2.87. The van der Waals surface area contributed by atoms with Crippen LogP contribution in [0.25, 0.3) is 0 Å². The van der Waals surface area contributed by atoms with Gasteiger partial charge in [0.2, 0.25) is 0 Å². The number of rotatable bonds is 3. The summed E-state index contributed by atoms with van der Waals surface area (Å²) in [7, 11) is 0. The molecule has 0 bridgehead atoms. The van der Waals surface area contributed by atoms with Crippen LogP contribution in [0.15, 0.2) is 29.3 Å². The molecule has 0 saturated carbocycles. The van der Waals surface area contributed by atoms with Gasteiger partial charge in [-0.25, -0.2) is 0 Å². The van der Waals surface area contributed by atoms with Gasteiger partial charge in [-0.15, -0.1) is 0 Å². The molecule has 0 fully saturated rings. The van der Waals surface area contributed by atoms with Gasteiger partial charge in [0.05, 0.1) is 13.1 Å². The standard InChI is InChI=1S/C11H14N2O2/c12-6-11-13-7-10(15-11)5-8-2-1-3-9(14)4-8/h1-4,10,14H,5-7,12H2. The number of phenols is 1. The van der Waals surface area contributed by atoms with E-state index < -0.39 is 0 Å². The van der Waals surface area contributed by atoms with Crippen LogP contribution in [0.3, 0.4) is 0 Å². The van der Waals surface area contributed by atoms with Crippen LogP contribution in [0.1, 0.15) is 5.56 Å². The highest BCUT2D eigenvalue weighted by molar-refractivity contribution is 5.79. The van der Waals surface area contributed by atoms with Gasteiger partial charge >= 0.3 is 0 Å². The lowest BCUT2D eigenvalue weighted by Crippen LogP contribution is -2.20. The van der Waals surface area contributed by atoms with Crippen LogP contribution in [-0.2, 0) is 11.2 Å². The molecule has 1 heterocycles. The maximum absolute atomic E-state index is 9.30. The topological polar surface area (TPSA) is 67.8 Å². The summed E-state index contributed by atoms with van der Waals surface area (Å²) in [5, 5.41) is 9.30. The Hall–Kier alpha value is -1.55. The molecule has 0 aromatic heterocycles. The Bertz CT molecular complexity index is 377. The first-order chi connectivity index (χ1) is 7.28. The highest BCUT2D eigenvalue weighted by atomic mass is 16.5. The van der Waals surface area contributed by atoms with E-state index in [0.29, 0.717) is 19.0 Å². The van der Waals surface area contributed by atoms with Crippen molar-refractivity contribution in [3.8, 4) is 5.75 Å². The molecule has 0 spiro atoms. The molecule has 1 aliphatic heterocycles.